The Kier molecular flexibility index (Phi) is 5.84. The predicted molar refractivity (Wildman–Crippen MR) is 140 cm³/mol. The molecule has 2 atom stereocenters. The lowest BCUT2D eigenvalue weighted by Crippen LogP contribution is -2.42. The van der Waals surface area contributed by atoms with Gasteiger partial charge in [0.05, 0.1) is 34.3 Å². The Morgan fingerprint density at radius 1 is 0.971 bits per heavy atom. The molecule has 1 saturated heterocycles. The monoisotopic (exact) mass is 506 g/mol. The highest BCUT2D eigenvalue weighted by molar-refractivity contribution is 7.23. The van der Waals surface area contributed by atoms with Crippen molar-refractivity contribution in [3.05, 3.63) is 71.4 Å². The van der Waals surface area contributed by atoms with E-state index in [1.807, 2.05) is 25.1 Å². The van der Waals surface area contributed by atoms with Gasteiger partial charge < -0.3 is 9.84 Å². The zero-order valence-corrected chi connectivity index (χ0v) is 21.2. The lowest BCUT2D eigenvalue weighted by atomic mass is 9.67. The Balaban J connectivity index is 1.37. The number of halogens is 1. The number of ether oxygens (including phenoxy) is 1. The summed E-state index contributed by atoms with van der Waals surface area (Å²) in [5, 5.41) is 11.9. The summed E-state index contributed by atoms with van der Waals surface area (Å²) in [6.45, 7) is 2.77. The lowest BCUT2D eigenvalue weighted by Gasteiger charge is -2.43. The van der Waals surface area contributed by atoms with Crippen molar-refractivity contribution < 1.29 is 14.2 Å². The van der Waals surface area contributed by atoms with E-state index in [1.165, 1.54) is 16.9 Å². The molecule has 1 N–H and O–H groups in total. The van der Waals surface area contributed by atoms with E-state index in [0.29, 0.717) is 31.1 Å². The molecule has 0 spiro atoms. The number of alkyl halides is 1. The summed E-state index contributed by atoms with van der Waals surface area (Å²) in [5.41, 5.74) is 2.19. The van der Waals surface area contributed by atoms with Crippen LogP contribution in [-0.2, 0) is 10.4 Å². The average molecular weight is 507 g/mol. The quantitative estimate of drug-likeness (QED) is 0.311. The summed E-state index contributed by atoms with van der Waals surface area (Å²) in [6, 6.07) is 18.7. The molecule has 35 heavy (non-hydrogen) atoms. The normalized spacial score (nSPS) is 23.7. The van der Waals surface area contributed by atoms with E-state index in [4.69, 9.17) is 9.72 Å². The second-order valence-corrected chi connectivity index (χ2v) is 11.8. The molecule has 2 aliphatic rings. The van der Waals surface area contributed by atoms with Gasteiger partial charge in [0.2, 0.25) is 0 Å². The van der Waals surface area contributed by atoms with Gasteiger partial charge in [-0.15, -0.1) is 22.7 Å². The molecule has 1 aliphatic carbocycles. The standard InChI is InChI=1S/C28H27FN2O2S2/c1-27(32)12-11-21(27)18-7-9-19(10-8-18)23-24(20-5-3-2-4-6-20)35-25(31-23)22-17-30-26(34-22)28(29)13-15-33-16-14-28/h2-10,17,21,32H,11-16H2,1H3. The largest absolute Gasteiger partial charge is 0.390 e. The first-order valence-corrected chi connectivity index (χ1v) is 13.7. The Hall–Kier alpha value is -2.45. The molecule has 7 heteroatoms. The van der Waals surface area contributed by atoms with E-state index in [0.717, 1.165) is 44.4 Å². The molecule has 0 radical (unpaired) electrons. The lowest BCUT2D eigenvalue weighted by molar-refractivity contribution is -0.0405. The minimum atomic E-state index is -1.41. The summed E-state index contributed by atoms with van der Waals surface area (Å²) in [7, 11) is 0. The summed E-state index contributed by atoms with van der Waals surface area (Å²) in [4.78, 5) is 11.5. The van der Waals surface area contributed by atoms with Crippen molar-refractivity contribution in [2.75, 3.05) is 13.2 Å². The number of thiazole rings is 2. The van der Waals surface area contributed by atoms with Crippen LogP contribution in [0.15, 0.2) is 60.8 Å². The van der Waals surface area contributed by atoms with Crippen LogP contribution in [0.5, 0.6) is 0 Å². The number of hydrogen-bond acceptors (Lipinski definition) is 6. The SMILES string of the molecule is CC1(O)CCC1c1ccc(-c2nc(-c3cnc(C4(F)CCOCC4)s3)sc2-c2ccccc2)cc1. The van der Waals surface area contributed by atoms with Crippen LogP contribution < -0.4 is 0 Å². The molecule has 4 nitrogen and oxygen atoms in total. The molecule has 2 fully saturated rings. The van der Waals surface area contributed by atoms with Crippen LogP contribution in [0.25, 0.3) is 31.6 Å². The fourth-order valence-electron chi connectivity index (χ4n) is 5.00. The molecule has 1 aliphatic heterocycles. The summed E-state index contributed by atoms with van der Waals surface area (Å²) in [5.74, 6) is 0.185. The smallest absolute Gasteiger partial charge is 0.166 e. The van der Waals surface area contributed by atoms with Crippen LogP contribution in [0.3, 0.4) is 0 Å². The number of hydrogen-bond donors (Lipinski definition) is 1. The van der Waals surface area contributed by atoms with Crippen molar-refractivity contribution >= 4 is 22.7 Å². The first-order valence-electron chi connectivity index (χ1n) is 12.1. The van der Waals surface area contributed by atoms with Crippen LogP contribution in [0.1, 0.15) is 49.1 Å². The number of nitrogens with zero attached hydrogens (tertiary/aromatic N) is 2. The number of benzene rings is 2. The molecular formula is C28H27FN2O2S2. The maximum atomic E-state index is 15.5. The Bertz CT molecular complexity index is 1320. The minimum absolute atomic E-state index is 0.185. The maximum absolute atomic E-state index is 15.5. The maximum Gasteiger partial charge on any atom is 0.166 e. The molecule has 0 bridgehead atoms. The van der Waals surface area contributed by atoms with Gasteiger partial charge in [-0.3, -0.25) is 0 Å². The van der Waals surface area contributed by atoms with Crippen LogP contribution >= 0.6 is 22.7 Å². The molecule has 1 saturated carbocycles. The third-order valence-electron chi connectivity index (χ3n) is 7.32. The Morgan fingerprint density at radius 3 is 2.37 bits per heavy atom. The highest BCUT2D eigenvalue weighted by Gasteiger charge is 2.41. The van der Waals surface area contributed by atoms with Crippen molar-refractivity contribution in [1.82, 2.24) is 9.97 Å². The summed E-state index contributed by atoms with van der Waals surface area (Å²) in [6.07, 6.45) is 4.31. The van der Waals surface area contributed by atoms with Gasteiger partial charge in [-0.05, 0) is 30.9 Å². The number of rotatable bonds is 5. The van der Waals surface area contributed by atoms with Gasteiger partial charge in [-0.2, -0.15) is 0 Å². The van der Waals surface area contributed by atoms with Crippen LogP contribution in [-0.4, -0.2) is 33.9 Å². The molecule has 3 heterocycles. The molecular weight excluding hydrogens is 479 g/mol. The van der Waals surface area contributed by atoms with E-state index in [2.05, 4.69) is 41.4 Å². The van der Waals surface area contributed by atoms with Crippen LogP contribution in [0.4, 0.5) is 4.39 Å². The van der Waals surface area contributed by atoms with E-state index >= 15 is 4.39 Å². The molecule has 0 amide bonds. The van der Waals surface area contributed by atoms with Crippen molar-refractivity contribution in [3.63, 3.8) is 0 Å². The van der Waals surface area contributed by atoms with Gasteiger partial charge in [0.15, 0.2) is 5.67 Å². The van der Waals surface area contributed by atoms with Crippen LogP contribution in [0, 0.1) is 0 Å². The molecule has 6 rings (SSSR count). The molecule has 2 aromatic carbocycles. The second-order valence-electron chi connectivity index (χ2n) is 9.74. The summed E-state index contributed by atoms with van der Waals surface area (Å²) < 4.78 is 20.8. The Labute approximate surface area is 212 Å². The minimum Gasteiger partial charge on any atom is -0.390 e. The molecule has 2 aromatic heterocycles. The van der Waals surface area contributed by atoms with Crippen molar-refractivity contribution in [2.45, 2.75) is 49.8 Å². The van der Waals surface area contributed by atoms with Gasteiger partial charge in [0.25, 0.3) is 0 Å². The topological polar surface area (TPSA) is 55.2 Å². The highest BCUT2D eigenvalue weighted by Crippen LogP contribution is 2.47. The van der Waals surface area contributed by atoms with Gasteiger partial charge in [0.1, 0.15) is 10.0 Å². The van der Waals surface area contributed by atoms with Crippen LogP contribution in [0.2, 0.25) is 0 Å². The molecule has 180 valence electrons. The van der Waals surface area contributed by atoms with Crippen molar-refractivity contribution in [1.29, 1.82) is 0 Å². The molecule has 2 unspecified atom stereocenters. The Morgan fingerprint density at radius 2 is 1.71 bits per heavy atom. The predicted octanol–water partition coefficient (Wildman–Crippen LogP) is 7.20. The van der Waals surface area contributed by atoms with Crippen molar-refractivity contribution in [3.8, 4) is 31.6 Å². The van der Waals surface area contributed by atoms with E-state index in [1.54, 1.807) is 17.5 Å². The van der Waals surface area contributed by atoms with E-state index < -0.39 is 11.3 Å². The zero-order chi connectivity index (χ0) is 24.0. The summed E-state index contributed by atoms with van der Waals surface area (Å²) >= 11 is 3.02. The number of aromatic nitrogens is 2. The third kappa shape index (κ3) is 4.25. The zero-order valence-electron chi connectivity index (χ0n) is 19.5. The first kappa shape index (κ1) is 23.0. The second kappa shape index (κ2) is 8.89. The van der Waals surface area contributed by atoms with Gasteiger partial charge >= 0.3 is 0 Å². The highest BCUT2D eigenvalue weighted by atomic mass is 32.1. The fourth-order valence-corrected chi connectivity index (χ4v) is 7.19. The fraction of sp³-hybridized carbons (Fsp3) is 0.357. The molecule has 4 aromatic rings. The van der Waals surface area contributed by atoms with Gasteiger partial charge in [-0.25, -0.2) is 14.4 Å². The first-order chi connectivity index (χ1) is 16.9. The van der Waals surface area contributed by atoms with E-state index in [-0.39, 0.29) is 5.92 Å². The number of aliphatic hydroxyl groups is 1. The van der Waals surface area contributed by atoms with E-state index in [9.17, 15) is 5.11 Å². The van der Waals surface area contributed by atoms with Gasteiger partial charge in [-0.1, -0.05) is 54.6 Å². The third-order valence-corrected chi connectivity index (χ3v) is 9.77. The average Bonchev–Trinajstić information content (AvgIpc) is 3.53. The van der Waals surface area contributed by atoms with Crippen molar-refractivity contribution in [2.24, 2.45) is 0 Å². The van der Waals surface area contributed by atoms with Gasteiger partial charge in [0, 0.05) is 30.5 Å².